The molecule has 0 saturated carbocycles. The number of aryl methyl sites for hydroxylation is 1. The highest BCUT2D eigenvalue weighted by molar-refractivity contribution is 6.30. The van der Waals surface area contributed by atoms with E-state index in [1.54, 1.807) is 7.11 Å². The SMILES string of the molecule is COc1cc(C)nc(CNc2cccc(Cl)c2)c1. The number of nitrogens with zero attached hydrogens (tertiary/aromatic N) is 1. The Labute approximate surface area is 112 Å². The van der Waals surface area contributed by atoms with Crippen LogP contribution in [0.3, 0.4) is 0 Å². The van der Waals surface area contributed by atoms with Gasteiger partial charge in [-0.2, -0.15) is 0 Å². The first-order valence-electron chi connectivity index (χ1n) is 5.68. The number of hydrogen-bond donors (Lipinski definition) is 1. The van der Waals surface area contributed by atoms with E-state index in [1.165, 1.54) is 0 Å². The van der Waals surface area contributed by atoms with E-state index in [-0.39, 0.29) is 0 Å². The molecule has 1 aromatic heterocycles. The summed E-state index contributed by atoms with van der Waals surface area (Å²) >= 11 is 5.92. The van der Waals surface area contributed by atoms with Crippen LogP contribution >= 0.6 is 11.6 Å². The molecular weight excluding hydrogens is 248 g/mol. The summed E-state index contributed by atoms with van der Waals surface area (Å²) in [5.41, 5.74) is 2.86. The lowest BCUT2D eigenvalue weighted by Crippen LogP contribution is -2.03. The lowest BCUT2D eigenvalue weighted by Gasteiger charge is -2.08. The van der Waals surface area contributed by atoms with Crippen LogP contribution in [0.2, 0.25) is 5.02 Å². The number of hydrogen-bond acceptors (Lipinski definition) is 3. The summed E-state index contributed by atoms with van der Waals surface area (Å²) in [5.74, 6) is 0.824. The second kappa shape index (κ2) is 5.74. The van der Waals surface area contributed by atoms with Crippen LogP contribution in [0.1, 0.15) is 11.4 Å². The van der Waals surface area contributed by atoms with Crippen LogP contribution in [0.4, 0.5) is 5.69 Å². The molecule has 2 aromatic rings. The van der Waals surface area contributed by atoms with Gasteiger partial charge in [0.25, 0.3) is 0 Å². The molecule has 0 aliphatic heterocycles. The minimum absolute atomic E-state index is 0.637. The number of rotatable bonds is 4. The van der Waals surface area contributed by atoms with Gasteiger partial charge >= 0.3 is 0 Å². The molecule has 0 spiro atoms. The normalized spacial score (nSPS) is 10.2. The summed E-state index contributed by atoms with van der Waals surface area (Å²) < 4.78 is 5.22. The van der Waals surface area contributed by atoms with Crippen LogP contribution in [0.15, 0.2) is 36.4 Å². The lowest BCUT2D eigenvalue weighted by atomic mass is 10.2. The van der Waals surface area contributed by atoms with Crippen LogP contribution < -0.4 is 10.1 Å². The molecular formula is C14H15ClN2O. The topological polar surface area (TPSA) is 34.1 Å². The third kappa shape index (κ3) is 3.37. The maximum atomic E-state index is 5.92. The Morgan fingerprint density at radius 1 is 1.28 bits per heavy atom. The fraction of sp³-hybridized carbons (Fsp3) is 0.214. The summed E-state index contributed by atoms with van der Waals surface area (Å²) in [5, 5.41) is 4.00. The molecule has 0 aliphatic carbocycles. The zero-order valence-electron chi connectivity index (χ0n) is 10.4. The molecule has 0 amide bonds. The van der Waals surface area contributed by atoms with Crippen molar-refractivity contribution in [1.29, 1.82) is 0 Å². The Bertz CT molecular complexity index is 543. The molecule has 0 atom stereocenters. The highest BCUT2D eigenvalue weighted by atomic mass is 35.5. The van der Waals surface area contributed by atoms with Gasteiger partial charge in [-0.1, -0.05) is 17.7 Å². The molecule has 18 heavy (non-hydrogen) atoms. The van der Waals surface area contributed by atoms with Crippen molar-refractivity contribution in [3.63, 3.8) is 0 Å². The first-order valence-corrected chi connectivity index (χ1v) is 6.06. The van der Waals surface area contributed by atoms with Gasteiger partial charge in [0, 0.05) is 28.5 Å². The zero-order valence-corrected chi connectivity index (χ0v) is 11.2. The Kier molecular flexibility index (Phi) is 4.05. The van der Waals surface area contributed by atoms with Crippen LogP contribution in [0.5, 0.6) is 5.75 Å². The smallest absolute Gasteiger partial charge is 0.122 e. The summed E-state index contributed by atoms with van der Waals surface area (Å²) in [6.45, 7) is 2.59. The van der Waals surface area contributed by atoms with Gasteiger partial charge in [0.2, 0.25) is 0 Å². The number of aromatic nitrogens is 1. The number of nitrogens with one attached hydrogen (secondary N) is 1. The van der Waals surface area contributed by atoms with Crippen LogP contribution in [0, 0.1) is 6.92 Å². The second-order valence-electron chi connectivity index (χ2n) is 4.00. The Morgan fingerprint density at radius 2 is 2.11 bits per heavy atom. The molecule has 1 aromatic carbocycles. The molecule has 4 heteroatoms. The van der Waals surface area contributed by atoms with E-state index in [9.17, 15) is 0 Å². The van der Waals surface area contributed by atoms with Gasteiger partial charge in [0.05, 0.1) is 19.3 Å². The Balaban J connectivity index is 2.08. The third-order valence-electron chi connectivity index (χ3n) is 2.51. The fourth-order valence-corrected chi connectivity index (χ4v) is 1.89. The van der Waals surface area contributed by atoms with Gasteiger partial charge in [-0.3, -0.25) is 4.98 Å². The standard InChI is InChI=1S/C14H15ClN2O/c1-10-6-14(18-2)8-13(17-10)9-16-12-5-3-4-11(15)7-12/h3-8,16H,9H2,1-2H3. The van der Waals surface area contributed by atoms with Crippen molar-refractivity contribution in [2.75, 3.05) is 12.4 Å². The number of ether oxygens (including phenoxy) is 1. The van der Waals surface area contributed by atoms with Gasteiger partial charge in [-0.25, -0.2) is 0 Å². The number of benzene rings is 1. The number of pyridine rings is 1. The highest BCUT2D eigenvalue weighted by Crippen LogP contribution is 2.17. The zero-order chi connectivity index (χ0) is 13.0. The first-order chi connectivity index (χ1) is 8.67. The average molecular weight is 263 g/mol. The van der Waals surface area contributed by atoms with Crippen molar-refractivity contribution in [2.24, 2.45) is 0 Å². The molecule has 2 rings (SSSR count). The van der Waals surface area contributed by atoms with E-state index < -0.39 is 0 Å². The third-order valence-corrected chi connectivity index (χ3v) is 2.75. The molecule has 0 radical (unpaired) electrons. The summed E-state index contributed by atoms with van der Waals surface area (Å²) in [4.78, 5) is 4.44. The molecule has 0 unspecified atom stereocenters. The van der Waals surface area contributed by atoms with E-state index in [4.69, 9.17) is 16.3 Å². The molecule has 94 valence electrons. The predicted octanol–water partition coefficient (Wildman–Crippen LogP) is 3.66. The minimum atomic E-state index is 0.637. The Morgan fingerprint density at radius 3 is 2.83 bits per heavy atom. The molecule has 0 saturated heterocycles. The van der Waals surface area contributed by atoms with Gasteiger partial charge in [0.15, 0.2) is 0 Å². The molecule has 0 fully saturated rings. The largest absolute Gasteiger partial charge is 0.497 e. The molecule has 3 nitrogen and oxygen atoms in total. The highest BCUT2D eigenvalue weighted by Gasteiger charge is 2.01. The van der Waals surface area contributed by atoms with E-state index in [0.29, 0.717) is 6.54 Å². The number of halogens is 1. The minimum Gasteiger partial charge on any atom is -0.497 e. The van der Waals surface area contributed by atoms with Gasteiger partial charge in [-0.05, 0) is 25.1 Å². The van der Waals surface area contributed by atoms with Crippen LogP contribution in [0.25, 0.3) is 0 Å². The number of methoxy groups -OCH3 is 1. The molecule has 0 bridgehead atoms. The van der Waals surface area contributed by atoms with E-state index in [0.717, 1.165) is 27.8 Å². The van der Waals surface area contributed by atoms with E-state index >= 15 is 0 Å². The van der Waals surface area contributed by atoms with E-state index in [1.807, 2.05) is 43.3 Å². The molecule has 1 N–H and O–H groups in total. The summed E-state index contributed by atoms with van der Waals surface area (Å²) in [6.07, 6.45) is 0. The quantitative estimate of drug-likeness (QED) is 0.913. The van der Waals surface area contributed by atoms with Gasteiger partial charge in [0.1, 0.15) is 5.75 Å². The molecule has 1 heterocycles. The fourth-order valence-electron chi connectivity index (χ4n) is 1.70. The monoisotopic (exact) mass is 262 g/mol. The van der Waals surface area contributed by atoms with Gasteiger partial charge < -0.3 is 10.1 Å². The lowest BCUT2D eigenvalue weighted by molar-refractivity contribution is 0.413. The van der Waals surface area contributed by atoms with Crippen LogP contribution in [-0.2, 0) is 6.54 Å². The predicted molar refractivity (Wildman–Crippen MR) is 74.3 cm³/mol. The average Bonchev–Trinajstić information content (AvgIpc) is 2.36. The van der Waals surface area contributed by atoms with E-state index in [2.05, 4.69) is 10.3 Å². The summed E-state index contributed by atoms with van der Waals surface area (Å²) in [6, 6.07) is 11.4. The first kappa shape index (κ1) is 12.7. The van der Waals surface area contributed by atoms with Crippen molar-refractivity contribution in [3.05, 3.63) is 52.8 Å². The maximum absolute atomic E-state index is 5.92. The van der Waals surface area contributed by atoms with Crippen molar-refractivity contribution in [3.8, 4) is 5.75 Å². The second-order valence-corrected chi connectivity index (χ2v) is 4.44. The molecule has 0 aliphatic rings. The maximum Gasteiger partial charge on any atom is 0.122 e. The summed E-state index contributed by atoms with van der Waals surface area (Å²) in [7, 11) is 1.66. The van der Waals surface area contributed by atoms with Crippen molar-refractivity contribution < 1.29 is 4.74 Å². The van der Waals surface area contributed by atoms with Gasteiger partial charge in [-0.15, -0.1) is 0 Å². The van der Waals surface area contributed by atoms with Crippen molar-refractivity contribution >= 4 is 17.3 Å². The Hall–Kier alpha value is -1.74. The van der Waals surface area contributed by atoms with Crippen molar-refractivity contribution in [2.45, 2.75) is 13.5 Å². The van der Waals surface area contributed by atoms with Crippen molar-refractivity contribution in [1.82, 2.24) is 4.98 Å². The van der Waals surface area contributed by atoms with Crippen LogP contribution in [-0.4, -0.2) is 12.1 Å². The number of anilines is 1.